The van der Waals surface area contributed by atoms with Crippen LogP contribution in [0.25, 0.3) is 0 Å². The Kier molecular flexibility index (Phi) is 9.48. The van der Waals surface area contributed by atoms with Crippen molar-refractivity contribution in [1.82, 2.24) is 0 Å². The van der Waals surface area contributed by atoms with Crippen molar-refractivity contribution in [2.45, 2.75) is 62.7 Å². The Labute approximate surface area is 187 Å². The Morgan fingerprint density at radius 1 is 0.903 bits per heavy atom. The average Bonchev–Trinajstić information content (AvgIpc) is 2.63. The largest absolute Gasteiger partial charge is 0.463 e. The molecule has 31 heavy (non-hydrogen) atoms. The molecule has 0 unspecified atom stereocenters. The molecule has 1 rings (SSSR count). The number of halogens is 2. The lowest BCUT2D eigenvalue weighted by molar-refractivity contribution is -0.292. The Hall–Kier alpha value is -2.62. The molecule has 5 atom stereocenters. The van der Waals surface area contributed by atoms with Gasteiger partial charge >= 0.3 is 23.9 Å². The highest BCUT2D eigenvalue weighted by Gasteiger charge is 2.54. The topological polar surface area (TPSA) is 171 Å². The van der Waals surface area contributed by atoms with Crippen LogP contribution in [0.3, 0.4) is 0 Å². The number of nitriles is 1. The maximum atomic E-state index is 11.7. The fourth-order valence-corrected chi connectivity index (χ4v) is 2.61. The third kappa shape index (κ3) is 7.86. The molecule has 0 aliphatic carbocycles. The van der Waals surface area contributed by atoms with Crippen LogP contribution >= 0.6 is 23.2 Å². The third-order valence-electron chi connectivity index (χ3n) is 3.61. The Morgan fingerprint density at radius 2 is 1.39 bits per heavy atom. The molecule has 1 N–H and O–H groups in total. The molecule has 1 heterocycles. The summed E-state index contributed by atoms with van der Waals surface area (Å²) < 4.78 is 28.7. The van der Waals surface area contributed by atoms with Crippen molar-refractivity contribution in [3.05, 3.63) is 0 Å². The van der Waals surface area contributed by atoms with Crippen LogP contribution in [0, 0.1) is 16.7 Å². The first-order chi connectivity index (χ1) is 14.3. The van der Waals surface area contributed by atoms with Crippen molar-refractivity contribution in [3.8, 4) is 6.07 Å². The van der Waals surface area contributed by atoms with E-state index in [0.717, 1.165) is 27.7 Å². The Morgan fingerprint density at radius 3 is 1.84 bits per heavy atom. The van der Waals surface area contributed by atoms with Gasteiger partial charge in [0.1, 0.15) is 18.8 Å². The Balaban J connectivity index is 3.41. The molecule has 1 aliphatic heterocycles. The van der Waals surface area contributed by atoms with E-state index in [0.29, 0.717) is 0 Å². The number of hydrogen-bond acceptors (Lipinski definition) is 12. The fraction of sp³-hybridized carbons (Fsp3) is 0.647. The number of nitrogens with zero attached hydrogens (tertiary/aromatic N) is 1. The van der Waals surface area contributed by atoms with Gasteiger partial charge in [0.15, 0.2) is 12.2 Å². The van der Waals surface area contributed by atoms with Crippen molar-refractivity contribution >= 4 is 53.0 Å². The van der Waals surface area contributed by atoms with Crippen LogP contribution in [0.4, 0.5) is 0 Å². The second-order valence-corrected chi connectivity index (χ2v) is 7.53. The minimum absolute atomic E-state index is 0.490. The second-order valence-electron chi connectivity index (χ2n) is 6.20. The highest BCUT2D eigenvalue weighted by atomic mass is 35.5. The summed E-state index contributed by atoms with van der Waals surface area (Å²) >= 11 is 11.3. The van der Waals surface area contributed by atoms with Gasteiger partial charge in [-0.2, -0.15) is 5.26 Å². The van der Waals surface area contributed by atoms with Crippen LogP contribution in [0.2, 0.25) is 0 Å². The number of carbonyl (C=O) groups excluding carboxylic acids is 4. The van der Waals surface area contributed by atoms with Crippen molar-refractivity contribution in [2.75, 3.05) is 6.61 Å². The summed E-state index contributed by atoms with van der Waals surface area (Å²) in [6.45, 7) is 3.76. The van der Waals surface area contributed by atoms with Gasteiger partial charge < -0.3 is 28.4 Å². The number of nitrogens with one attached hydrogen (secondary N) is 1. The first-order valence-electron chi connectivity index (χ1n) is 8.63. The van der Waals surface area contributed by atoms with Gasteiger partial charge in [0.05, 0.1) is 0 Å². The molecular formula is C17H20Cl2N2O10. The predicted octanol–water partition coefficient (Wildman–Crippen LogP) is 0.761. The van der Waals surface area contributed by atoms with E-state index in [9.17, 15) is 19.2 Å². The van der Waals surface area contributed by atoms with Gasteiger partial charge in [-0.1, -0.05) is 23.2 Å². The quantitative estimate of drug-likeness (QED) is 0.178. The molecule has 0 aromatic rings. The molecule has 0 bridgehead atoms. The monoisotopic (exact) mass is 482 g/mol. The van der Waals surface area contributed by atoms with Crippen LogP contribution in [-0.2, 0) is 47.6 Å². The van der Waals surface area contributed by atoms with Crippen molar-refractivity contribution in [1.29, 1.82) is 10.7 Å². The number of hydrogen-bond donors (Lipinski definition) is 1. The molecule has 0 radical (unpaired) electrons. The lowest BCUT2D eigenvalue weighted by atomic mass is 9.98. The summed E-state index contributed by atoms with van der Waals surface area (Å²) in [7, 11) is 0. The molecule has 1 aliphatic rings. The minimum Gasteiger partial charge on any atom is -0.463 e. The number of alkyl halides is 2. The van der Waals surface area contributed by atoms with Gasteiger partial charge in [0.2, 0.25) is 18.3 Å². The zero-order valence-corrected chi connectivity index (χ0v) is 18.4. The minimum atomic E-state index is -2.42. The molecule has 0 saturated carbocycles. The van der Waals surface area contributed by atoms with Crippen LogP contribution in [0.15, 0.2) is 0 Å². The van der Waals surface area contributed by atoms with Gasteiger partial charge in [-0.05, 0) is 0 Å². The molecule has 0 aromatic heterocycles. The van der Waals surface area contributed by atoms with Crippen LogP contribution < -0.4 is 0 Å². The number of ether oxygens (including phenoxy) is 6. The SMILES string of the molecule is CC(=O)OC[C@H]1O[C@H](OC(=N)C(Cl)(Cl)C#N)[C@H](OC(C)=O)[C@@H](OC(C)=O)[C@@H]1OC(C)=O. The van der Waals surface area contributed by atoms with E-state index < -0.39 is 71.4 Å². The van der Waals surface area contributed by atoms with Crippen molar-refractivity contribution in [3.63, 3.8) is 0 Å². The molecular weight excluding hydrogens is 463 g/mol. The fourth-order valence-electron chi connectivity index (χ4n) is 2.52. The number of esters is 4. The lowest BCUT2D eigenvalue weighted by Gasteiger charge is -2.44. The zero-order valence-electron chi connectivity index (χ0n) is 16.9. The highest BCUT2D eigenvalue weighted by Crippen LogP contribution is 2.32. The zero-order chi connectivity index (χ0) is 23.9. The van der Waals surface area contributed by atoms with Gasteiger partial charge in [0.25, 0.3) is 4.33 Å². The summed E-state index contributed by atoms with van der Waals surface area (Å²) in [6.07, 6.45) is -7.48. The van der Waals surface area contributed by atoms with E-state index in [1.807, 2.05) is 0 Å². The van der Waals surface area contributed by atoms with Crippen molar-refractivity contribution in [2.24, 2.45) is 0 Å². The van der Waals surface area contributed by atoms with E-state index in [-0.39, 0.29) is 0 Å². The van der Waals surface area contributed by atoms with Gasteiger partial charge in [-0.15, -0.1) is 0 Å². The maximum Gasteiger partial charge on any atom is 0.303 e. The first-order valence-corrected chi connectivity index (χ1v) is 9.39. The van der Waals surface area contributed by atoms with E-state index in [1.54, 1.807) is 0 Å². The molecule has 0 amide bonds. The standard InChI is InChI=1S/C17H20Cl2N2O10/c1-7(22)26-5-11-12(27-8(2)23)13(28-9(3)24)14(29-10(4)25)15(30-11)31-16(21)17(18,19)6-20/h11-15,21H,5H2,1-4H3/t11-,12-,13+,14-,15-/m1/s1. The Bertz CT molecular complexity index is 781. The first kappa shape index (κ1) is 26.4. The summed E-state index contributed by atoms with van der Waals surface area (Å²) in [6, 6.07) is 1.41. The summed E-state index contributed by atoms with van der Waals surface area (Å²) in [5.74, 6) is -4.21. The third-order valence-corrected chi connectivity index (χ3v) is 4.12. The molecule has 14 heteroatoms. The smallest absolute Gasteiger partial charge is 0.303 e. The van der Waals surface area contributed by atoms with Crippen LogP contribution in [-0.4, -0.2) is 71.4 Å². The molecule has 1 fully saturated rings. The van der Waals surface area contributed by atoms with Crippen LogP contribution in [0.1, 0.15) is 27.7 Å². The predicted molar refractivity (Wildman–Crippen MR) is 101 cm³/mol. The molecule has 0 aromatic carbocycles. The van der Waals surface area contributed by atoms with E-state index in [4.69, 9.17) is 62.3 Å². The normalized spacial score (nSPS) is 25.4. The maximum absolute atomic E-state index is 11.7. The van der Waals surface area contributed by atoms with Crippen molar-refractivity contribution < 1.29 is 47.6 Å². The summed E-state index contributed by atoms with van der Waals surface area (Å²) in [5.41, 5.74) is 0. The van der Waals surface area contributed by atoms with E-state index in [1.165, 1.54) is 6.07 Å². The molecule has 172 valence electrons. The summed E-state index contributed by atoms with van der Waals surface area (Å²) in [4.78, 5) is 46.2. The van der Waals surface area contributed by atoms with Crippen LogP contribution in [0.5, 0.6) is 0 Å². The van der Waals surface area contributed by atoms with Gasteiger partial charge in [0, 0.05) is 27.7 Å². The molecule has 1 saturated heterocycles. The van der Waals surface area contributed by atoms with E-state index >= 15 is 0 Å². The highest BCUT2D eigenvalue weighted by molar-refractivity contribution is 6.59. The van der Waals surface area contributed by atoms with Gasteiger partial charge in [-0.3, -0.25) is 24.6 Å². The number of carbonyl (C=O) groups is 4. The second kappa shape index (κ2) is 11.1. The lowest BCUT2D eigenvalue weighted by Crippen LogP contribution is -2.63. The molecule has 12 nitrogen and oxygen atoms in total. The van der Waals surface area contributed by atoms with Gasteiger partial charge in [-0.25, -0.2) is 0 Å². The number of rotatable bonds is 7. The summed E-state index contributed by atoms with van der Waals surface area (Å²) in [5, 5.41) is 16.8. The molecule has 0 spiro atoms. The average molecular weight is 483 g/mol. The van der Waals surface area contributed by atoms with E-state index in [2.05, 4.69) is 0 Å².